The quantitative estimate of drug-likeness (QED) is 0.703. The molecule has 2 atom stereocenters. The lowest BCUT2D eigenvalue weighted by Crippen LogP contribution is -2.44. The van der Waals surface area contributed by atoms with Gasteiger partial charge >= 0.3 is 12.0 Å². The molecule has 0 aromatic carbocycles. The van der Waals surface area contributed by atoms with Gasteiger partial charge in [0.1, 0.15) is 0 Å². The zero-order valence-electron chi connectivity index (χ0n) is 10.7. The van der Waals surface area contributed by atoms with E-state index in [2.05, 4.69) is 10.6 Å². The normalized spacial score (nSPS) is 24.4. The summed E-state index contributed by atoms with van der Waals surface area (Å²) in [4.78, 5) is 22.3. The van der Waals surface area contributed by atoms with E-state index >= 15 is 0 Å². The van der Waals surface area contributed by atoms with E-state index in [0.29, 0.717) is 19.4 Å². The number of carbonyl (C=O) groups is 2. The molecular weight excluding hydrogens is 220 g/mol. The summed E-state index contributed by atoms with van der Waals surface area (Å²) in [7, 11) is 0. The molecule has 1 aliphatic carbocycles. The highest BCUT2D eigenvalue weighted by Gasteiger charge is 2.30. The number of urea groups is 1. The van der Waals surface area contributed by atoms with E-state index in [1.807, 2.05) is 20.8 Å². The van der Waals surface area contributed by atoms with E-state index in [1.165, 1.54) is 0 Å². The summed E-state index contributed by atoms with van der Waals surface area (Å²) < 4.78 is 0. The van der Waals surface area contributed by atoms with Crippen molar-refractivity contribution < 1.29 is 14.7 Å². The summed E-state index contributed by atoms with van der Waals surface area (Å²) in [6, 6.07) is -0.202. The molecule has 0 unspecified atom stereocenters. The summed E-state index contributed by atoms with van der Waals surface area (Å²) in [5, 5.41) is 14.5. The number of carboxylic acids is 1. The lowest BCUT2D eigenvalue weighted by atomic mass is 9.97. The van der Waals surface area contributed by atoms with Gasteiger partial charge in [0.15, 0.2) is 0 Å². The van der Waals surface area contributed by atoms with E-state index in [1.54, 1.807) is 0 Å². The van der Waals surface area contributed by atoms with Gasteiger partial charge in [-0.3, -0.25) is 4.79 Å². The van der Waals surface area contributed by atoms with Crippen LogP contribution in [0, 0.1) is 11.3 Å². The van der Waals surface area contributed by atoms with Crippen LogP contribution in [0.2, 0.25) is 0 Å². The third kappa shape index (κ3) is 5.06. The van der Waals surface area contributed by atoms with Gasteiger partial charge in [-0.15, -0.1) is 0 Å². The molecule has 0 heterocycles. The molecule has 0 radical (unpaired) electrons. The SMILES string of the molecule is CC(C)(C)CNC(=O)N[C@H]1CC[C@@H](C(=O)O)C1. The van der Waals surface area contributed by atoms with Gasteiger partial charge < -0.3 is 15.7 Å². The first-order valence-corrected chi connectivity index (χ1v) is 6.05. The largest absolute Gasteiger partial charge is 0.481 e. The number of rotatable bonds is 3. The van der Waals surface area contributed by atoms with Gasteiger partial charge in [0.05, 0.1) is 5.92 Å². The van der Waals surface area contributed by atoms with Crippen LogP contribution in [0.5, 0.6) is 0 Å². The molecule has 0 bridgehead atoms. The Morgan fingerprint density at radius 1 is 1.29 bits per heavy atom. The van der Waals surface area contributed by atoms with E-state index in [-0.39, 0.29) is 23.4 Å². The van der Waals surface area contributed by atoms with E-state index in [0.717, 1.165) is 6.42 Å². The van der Waals surface area contributed by atoms with Crippen molar-refractivity contribution in [3.8, 4) is 0 Å². The molecular formula is C12H22N2O3. The standard InChI is InChI=1S/C12H22N2O3/c1-12(2,3)7-13-11(17)14-9-5-4-8(6-9)10(15)16/h8-9H,4-7H2,1-3H3,(H,15,16)(H2,13,14,17)/t8-,9+/m1/s1. The van der Waals surface area contributed by atoms with Crippen LogP contribution in [0.3, 0.4) is 0 Å². The van der Waals surface area contributed by atoms with Gasteiger partial charge in [0.2, 0.25) is 0 Å². The molecule has 17 heavy (non-hydrogen) atoms. The van der Waals surface area contributed by atoms with Crippen LogP contribution in [0.15, 0.2) is 0 Å². The van der Waals surface area contributed by atoms with Crippen molar-refractivity contribution in [3.05, 3.63) is 0 Å². The lowest BCUT2D eigenvalue weighted by molar-refractivity contribution is -0.141. The van der Waals surface area contributed by atoms with Crippen LogP contribution in [0.1, 0.15) is 40.0 Å². The Morgan fingerprint density at radius 3 is 2.41 bits per heavy atom. The molecule has 1 rings (SSSR count). The Morgan fingerprint density at radius 2 is 1.94 bits per heavy atom. The molecule has 1 fully saturated rings. The molecule has 5 heteroatoms. The minimum absolute atomic E-state index is 0.00364. The van der Waals surface area contributed by atoms with Gasteiger partial charge in [-0.05, 0) is 24.7 Å². The monoisotopic (exact) mass is 242 g/mol. The fourth-order valence-electron chi connectivity index (χ4n) is 1.92. The number of hydrogen-bond donors (Lipinski definition) is 3. The lowest BCUT2D eigenvalue weighted by Gasteiger charge is -2.20. The summed E-state index contributed by atoms with van der Waals surface area (Å²) in [6.07, 6.45) is 1.94. The van der Waals surface area contributed by atoms with Gasteiger partial charge in [0, 0.05) is 12.6 Å². The molecule has 1 aliphatic rings. The van der Waals surface area contributed by atoms with Crippen LogP contribution < -0.4 is 10.6 Å². The average Bonchev–Trinajstić information content (AvgIpc) is 2.62. The zero-order chi connectivity index (χ0) is 13.1. The van der Waals surface area contributed by atoms with Crippen LogP contribution in [-0.2, 0) is 4.79 Å². The first-order valence-electron chi connectivity index (χ1n) is 6.05. The molecule has 0 aromatic rings. The summed E-state index contributed by atoms with van der Waals surface area (Å²) in [6.45, 7) is 6.74. The van der Waals surface area contributed by atoms with Crippen molar-refractivity contribution in [2.45, 2.75) is 46.1 Å². The van der Waals surface area contributed by atoms with Gasteiger partial charge in [-0.1, -0.05) is 20.8 Å². The van der Waals surface area contributed by atoms with E-state index in [4.69, 9.17) is 5.11 Å². The van der Waals surface area contributed by atoms with Crippen LogP contribution >= 0.6 is 0 Å². The first-order chi connectivity index (χ1) is 7.78. The second-order valence-corrected chi connectivity index (χ2v) is 5.93. The number of nitrogens with one attached hydrogen (secondary N) is 2. The number of amides is 2. The van der Waals surface area contributed by atoms with Gasteiger partial charge in [-0.2, -0.15) is 0 Å². The number of hydrogen-bond acceptors (Lipinski definition) is 2. The Hall–Kier alpha value is -1.26. The molecule has 0 aromatic heterocycles. The first kappa shape index (κ1) is 13.8. The minimum atomic E-state index is -0.760. The van der Waals surface area contributed by atoms with Crippen molar-refractivity contribution in [1.29, 1.82) is 0 Å². The third-order valence-corrected chi connectivity index (χ3v) is 2.90. The number of aliphatic carboxylic acids is 1. The summed E-state index contributed by atoms with van der Waals surface area (Å²) >= 11 is 0. The van der Waals surface area contributed by atoms with Crippen molar-refractivity contribution in [2.75, 3.05) is 6.54 Å². The highest BCUT2D eigenvalue weighted by molar-refractivity contribution is 5.75. The third-order valence-electron chi connectivity index (χ3n) is 2.90. The molecule has 1 saturated carbocycles. The minimum Gasteiger partial charge on any atom is -0.481 e. The topological polar surface area (TPSA) is 78.4 Å². The van der Waals surface area contributed by atoms with Crippen LogP contribution in [0.25, 0.3) is 0 Å². The molecule has 2 amide bonds. The predicted octanol–water partition coefficient (Wildman–Crippen LogP) is 1.58. The summed E-state index contributed by atoms with van der Waals surface area (Å²) in [5.41, 5.74) is 0.0522. The Labute approximate surface area is 102 Å². The van der Waals surface area contributed by atoms with Crippen LogP contribution in [0.4, 0.5) is 4.79 Å². The Balaban J connectivity index is 2.26. The van der Waals surface area contributed by atoms with Crippen molar-refractivity contribution in [3.63, 3.8) is 0 Å². The summed E-state index contributed by atoms with van der Waals surface area (Å²) in [5.74, 6) is -1.06. The smallest absolute Gasteiger partial charge is 0.315 e. The number of carbonyl (C=O) groups excluding carboxylic acids is 1. The Kier molecular flexibility index (Phi) is 4.37. The molecule has 5 nitrogen and oxygen atoms in total. The number of carboxylic acid groups (broad SMARTS) is 1. The maximum atomic E-state index is 11.6. The maximum Gasteiger partial charge on any atom is 0.315 e. The van der Waals surface area contributed by atoms with E-state index < -0.39 is 5.97 Å². The van der Waals surface area contributed by atoms with Crippen molar-refractivity contribution in [1.82, 2.24) is 10.6 Å². The molecule has 3 N–H and O–H groups in total. The van der Waals surface area contributed by atoms with Gasteiger partial charge in [0.25, 0.3) is 0 Å². The Bertz CT molecular complexity index is 297. The molecule has 0 spiro atoms. The fourth-order valence-corrected chi connectivity index (χ4v) is 1.92. The van der Waals surface area contributed by atoms with Crippen molar-refractivity contribution >= 4 is 12.0 Å². The second-order valence-electron chi connectivity index (χ2n) is 5.93. The highest BCUT2D eigenvalue weighted by Crippen LogP contribution is 2.25. The van der Waals surface area contributed by atoms with Crippen molar-refractivity contribution in [2.24, 2.45) is 11.3 Å². The maximum absolute atomic E-state index is 11.6. The van der Waals surface area contributed by atoms with Crippen LogP contribution in [-0.4, -0.2) is 29.7 Å². The molecule has 98 valence electrons. The molecule has 0 saturated heterocycles. The van der Waals surface area contributed by atoms with Gasteiger partial charge in [-0.25, -0.2) is 4.79 Å². The fraction of sp³-hybridized carbons (Fsp3) is 0.833. The highest BCUT2D eigenvalue weighted by atomic mass is 16.4. The predicted molar refractivity (Wildman–Crippen MR) is 64.8 cm³/mol. The van der Waals surface area contributed by atoms with E-state index in [9.17, 15) is 9.59 Å². The molecule has 0 aliphatic heterocycles. The second kappa shape index (κ2) is 5.38. The zero-order valence-corrected chi connectivity index (χ0v) is 10.7. The average molecular weight is 242 g/mol.